The Morgan fingerprint density at radius 3 is 1.70 bits per heavy atom. The maximum Gasteiger partial charge on any atom is 2.00 e. The van der Waals surface area contributed by atoms with Crippen LogP contribution in [0, 0.1) is 89.9 Å². The molecule has 0 rings (SSSR count). The average Bonchev–Trinajstić information content (AvgIpc) is 2.48. The van der Waals surface area contributed by atoms with Gasteiger partial charge in [-0.2, -0.15) is 13.8 Å². The summed E-state index contributed by atoms with van der Waals surface area (Å²) < 4.78 is 10.1. The summed E-state index contributed by atoms with van der Waals surface area (Å²) in [5, 5.41) is 2.58. The second-order valence-electron chi connectivity index (χ2n) is 2.90. The molecule has 0 atom stereocenters. The minimum absolute atomic E-state index is 0. The molecule has 0 aromatic heterocycles. The number of hydrogen-bond acceptors (Lipinski definition) is 3. The summed E-state index contributed by atoms with van der Waals surface area (Å²) in [6, 6.07) is 0. The molecule has 23 heavy (non-hydrogen) atoms. The predicted octanol–water partition coefficient (Wildman–Crippen LogP) is 3.93. The van der Waals surface area contributed by atoms with E-state index < -0.39 is 0 Å². The SMILES string of the molecule is CC.CC.C[CH-]C.[CH2-]CNC(=O)CCOCCOC[CH2-].[CH3-].[U+2].[U+2]. The zero-order valence-corrected chi connectivity index (χ0v) is 24.8. The summed E-state index contributed by atoms with van der Waals surface area (Å²) in [4.78, 5) is 10.9. The van der Waals surface area contributed by atoms with Gasteiger partial charge in [0.05, 0.1) is 19.8 Å². The molecule has 0 heterocycles. The van der Waals surface area contributed by atoms with Crippen molar-refractivity contribution in [3.63, 3.8) is 0 Å². The van der Waals surface area contributed by atoms with Crippen LogP contribution < -0.4 is 5.32 Å². The molecule has 0 unspecified atom stereocenters. The molecule has 0 saturated carbocycles. The molecule has 0 aromatic carbocycles. The molecule has 138 valence electrons. The number of nitrogens with one attached hydrogen (secondary N) is 1. The average molecular weight is 782 g/mol. The van der Waals surface area contributed by atoms with Gasteiger partial charge in [-0.05, 0) is 0 Å². The van der Waals surface area contributed by atoms with E-state index in [4.69, 9.17) is 9.47 Å². The largest absolute Gasteiger partial charge is 2.00 e. The summed E-state index contributed by atoms with van der Waals surface area (Å²) in [7, 11) is 0. The third-order valence-corrected chi connectivity index (χ3v) is 1.31. The first kappa shape index (κ1) is 44.2. The van der Waals surface area contributed by atoms with E-state index in [9.17, 15) is 4.79 Å². The zero-order valence-electron chi connectivity index (χ0n) is 16.5. The van der Waals surface area contributed by atoms with E-state index in [1.165, 1.54) is 0 Å². The van der Waals surface area contributed by atoms with E-state index in [0.29, 0.717) is 39.4 Å². The van der Waals surface area contributed by atoms with Gasteiger partial charge < -0.3 is 42.5 Å². The molecule has 6 heteroatoms. The maximum atomic E-state index is 10.9. The molecular weight excluding hydrogens is 742 g/mol. The number of carbonyl (C=O) groups is 1. The van der Waals surface area contributed by atoms with E-state index in [-0.39, 0.29) is 75.6 Å². The minimum Gasteiger partial charge on any atom is -0.411 e. The fraction of sp³-hybridized carbons (Fsp3) is 0.706. The Kier molecular flexibility index (Phi) is 109. The number of carbonyl (C=O) groups excluding carboxylic acids is 1. The number of ether oxygens (including phenoxy) is 2. The Labute approximate surface area is 194 Å². The van der Waals surface area contributed by atoms with Gasteiger partial charge in [-0.15, -0.1) is 6.54 Å². The summed E-state index contributed by atoms with van der Waals surface area (Å²) in [5.41, 5.74) is 0. The third kappa shape index (κ3) is 69.5. The molecule has 0 saturated heterocycles. The van der Waals surface area contributed by atoms with E-state index in [2.05, 4.69) is 19.2 Å². The Morgan fingerprint density at radius 2 is 1.35 bits per heavy atom. The maximum absolute atomic E-state index is 10.9. The molecule has 1 amide bonds. The van der Waals surface area contributed by atoms with Crippen LogP contribution in [0.3, 0.4) is 0 Å². The first-order chi connectivity index (χ1) is 9.72. The van der Waals surface area contributed by atoms with Crippen molar-refractivity contribution in [3.05, 3.63) is 27.7 Å². The van der Waals surface area contributed by atoms with Gasteiger partial charge in [-0.25, -0.2) is 0 Å². The quantitative estimate of drug-likeness (QED) is 0.301. The topological polar surface area (TPSA) is 47.6 Å². The van der Waals surface area contributed by atoms with Crippen LogP contribution in [0.4, 0.5) is 0 Å². The van der Waals surface area contributed by atoms with E-state index in [0.717, 1.165) is 0 Å². The van der Waals surface area contributed by atoms with Crippen LogP contribution >= 0.6 is 0 Å². The Balaban J connectivity index is -0.0000000446. The summed E-state index contributed by atoms with van der Waals surface area (Å²) >= 11 is 0. The van der Waals surface area contributed by atoms with Crippen molar-refractivity contribution in [2.45, 2.75) is 48.0 Å². The molecule has 0 fully saturated rings. The summed E-state index contributed by atoms with van der Waals surface area (Å²) in [6.07, 6.45) is 2.37. The van der Waals surface area contributed by atoms with Gasteiger partial charge in [-0.3, -0.25) is 4.79 Å². The molecule has 0 aliphatic heterocycles. The fourth-order valence-corrected chi connectivity index (χ4v) is 0.715. The Hall–Kier alpha value is 1.49. The molecule has 0 aromatic rings. The third-order valence-electron chi connectivity index (χ3n) is 1.31. The second-order valence-corrected chi connectivity index (χ2v) is 2.90. The molecule has 1 N–H and O–H groups in total. The number of rotatable bonds is 8. The van der Waals surface area contributed by atoms with Gasteiger partial charge >= 0.3 is 62.2 Å². The molecule has 0 spiro atoms. The van der Waals surface area contributed by atoms with Gasteiger partial charge in [0, 0.05) is 6.42 Å². The van der Waals surface area contributed by atoms with Gasteiger partial charge in [0.1, 0.15) is 0 Å². The van der Waals surface area contributed by atoms with Crippen molar-refractivity contribution >= 4 is 5.91 Å². The van der Waals surface area contributed by atoms with Crippen molar-refractivity contribution in [3.8, 4) is 0 Å². The van der Waals surface area contributed by atoms with Crippen molar-refractivity contribution in [2.75, 3.05) is 33.0 Å². The Morgan fingerprint density at radius 1 is 0.957 bits per heavy atom. The van der Waals surface area contributed by atoms with Gasteiger partial charge in [0.25, 0.3) is 0 Å². The fourth-order valence-electron chi connectivity index (χ4n) is 0.715. The molecular formula is C17H39NO3U2. The van der Waals surface area contributed by atoms with Crippen molar-refractivity contribution < 1.29 is 76.5 Å². The predicted molar refractivity (Wildman–Crippen MR) is 94.7 cm³/mol. The molecule has 0 radical (unpaired) electrons. The monoisotopic (exact) mass is 781 g/mol. The molecule has 4 nitrogen and oxygen atoms in total. The normalized spacial score (nSPS) is 6.96. The van der Waals surface area contributed by atoms with Crippen LogP contribution in [0.5, 0.6) is 0 Å². The smallest absolute Gasteiger partial charge is 0.411 e. The first-order valence-corrected chi connectivity index (χ1v) is 7.47. The van der Waals surface area contributed by atoms with Crippen LogP contribution in [0.15, 0.2) is 0 Å². The van der Waals surface area contributed by atoms with Crippen LogP contribution in [-0.2, 0) is 14.3 Å². The van der Waals surface area contributed by atoms with Gasteiger partial charge in [-0.1, -0.05) is 34.3 Å². The molecule has 0 aliphatic rings. The standard InChI is InChI=1S/C9H17NO3.C3H7.2C2H6.CH3.2U/c1-3-10-9(11)5-6-13-8-7-12-4-2;1-3-2;2*1-2;;;/h1-8H2,(H,10,11);3H,1-2H3;2*1-2H3;1H3;;/q-2;-1;;;-1;2*+2. The number of amides is 1. The molecule has 0 aliphatic carbocycles. The van der Waals surface area contributed by atoms with Crippen molar-refractivity contribution in [1.29, 1.82) is 0 Å². The van der Waals surface area contributed by atoms with E-state index >= 15 is 0 Å². The van der Waals surface area contributed by atoms with Crippen LogP contribution in [0.2, 0.25) is 0 Å². The zero-order chi connectivity index (χ0) is 16.6. The van der Waals surface area contributed by atoms with Gasteiger partial charge in [0.15, 0.2) is 0 Å². The van der Waals surface area contributed by atoms with Crippen LogP contribution in [-0.4, -0.2) is 38.9 Å². The van der Waals surface area contributed by atoms with Crippen LogP contribution in [0.1, 0.15) is 48.0 Å². The van der Waals surface area contributed by atoms with Crippen molar-refractivity contribution in [2.24, 2.45) is 0 Å². The first-order valence-electron chi connectivity index (χ1n) is 7.47. The van der Waals surface area contributed by atoms with Gasteiger partial charge in [0.2, 0.25) is 5.91 Å². The number of hydrogen-bond donors (Lipinski definition) is 1. The minimum atomic E-state index is -0.0342. The van der Waals surface area contributed by atoms with E-state index in [1.807, 2.05) is 48.0 Å². The summed E-state index contributed by atoms with van der Waals surface area (Å²) in [5.74, 6) is -0.0342. The van der Waals surface area contributed by atoms with E-state index in [1.54, 1.807) is 0 Å². The second kappa shape index (κ2) is 56.6. The van der Waals surface area contributed by atoms with Crippen LogP contribution in [0.25, 0.3) is 0 Å². The molecule has 0 bridgehead atoms. The Bertz CT molecular complexity index is 152. The van der Waals surface area contributed by atoms with Crippen molar-refractivity contribution in [1.82, 2.24) is 5.32 Å². The summed E-state index contributed by atoms with van der Waals surface area (Å²) in [6.45, 7) is 21.3.